The highest BCUT2D eigenvalue weighted by atomic mass is 19.4. The first-order valence-corrected chi connectivity index (χ1v) is 13.3. The van der Waals surface area contributed by atoms with Crippen LogP contribution in [0, 0.1) is 13.8 Å². The summed E-state index contributed by atoms with van der Waals surface area (Å²) in [5, 5.41) is 1.84. The molecule has 0 spiro atoms. The molecule has 1 aromatic heterocycles. The van der Waals surface area contributed by atoms with E-state index in [1.165, 1.54) is 0 Å². The van der Waals surface area contributed by atoms with Gasteiger partial charge in [0, 0.05) is 11.9 Å². The number of para-hydroxylation sites is 1. The minimum Gasteiger partial charge on any atom is -0.493 e. The van der Waals surface area contributed by atoms with Gasteiger partial charge in [0.15, 0.2) is 5.82 Å². The van der Waals surface area contributed by atoms with Gasteiger partial charge in [0.2, 0.25) is 5.82 Å². The van der Waals surface area contributed by atoms with Crippen LogP contribution in [0.5, 0.6) is 5.75 Å². The molecule has 0 bridgehead atoms. The van der Waals surface area contributed by atoms with Gasteiger partial charge in [0.1, 0.15) is 5.75 Å². The maximum Gasteiger partial charge on any atom is 0.460 e. The van der Waals surface area contributed by atoms with E-state index in [1.807, 2.05) is 23.8 Å². The number of nitrogens with one attached hydrogen (secondary N) is 3. The van der Waals surface area contributed by atoms with Crippen LogP contribution < -0.4 is 20.9 Å². The summed E-state index contributed by atoms with van der Waals surface area (Å²) in [5.74, 6) is -51.4. The third-order valence-corrected chi connectivity index (χ3v) is 6.70. The molecule has 0 aliphatic heterocycles. The zero-order valence-corrected chi connectivity index (χ0v) is 24.5. The van der Waals surface area contributed by atoms with E-state index in [2.05, 4.69) is 15.3 Å². The standard InChI is InChI=1S/C27H22F15N5O2/c1-13-8-9-17(14(2)12-13)49-11-5-10-43-20(48)47-46-18-15-6-3-4-7-16(15)44-19(45-18)21(28,29)22(30,31)23(32,33)24(34,35)25(36,37)26(38,39)27(40,41)42/h3-4,6-9,12H,5,10-11H2,1-2H3,(H2,43,47,48)(H,44,45,46). The van der Waals surface area contributed by atoms with E-state index in [4.69, 9.17) is 4.74 Å². The number of urea groups is 1. The number of aryl methyl sites for hydroxylation is 2. The van der Waals surface area contributed by atoms with Crippen molar-refractivity contribution in [2.75, 3.05) is 18.6 Å². The summed E-state index contributed by atoms with van der Waals surface area (Å²) in [6.07, 6.45) is -7.51. The number of aromatic nitrogens is 2. The number of hydrogen-bond donors (Lipinski definition) is 3. The van der Waals surface area contributed by atoms with E-state index in [0.29, 0.717) is 5.75 Å². The average Bonchev–Trinajstić information content (AvgIpc) is 2.99. The number of rotatable bonds is 13. The van der Waals surface area contributed by atoms with E-state index < -0.39 is 70.3 Å². The molecule has 3 N–H and O–H groups in total. The molecular weight excluding hydrogens is 711 g/mol. The number of anilines is 1. The predicted molar refractivity (Wildman–Crippen MR) is 140 cm³/mol. The van der Waals surface area contributed by atoms with Gasteiger partial charge in [-0.2, -0.15) is 65.9 Å². The Hall–Kier alpha value is -4.40. The normalized spacial score (nSPS) is 13.7. The van der Waals surface area contributed by atoms with Crippen LogP contribution >= 0.6 is 0 Å². The Kier molecular flexibility index (Phi) is 10.5. The molecule has 272 valence electrons. The minimum atomic E-state index is -8.46. The topological polar surface area (TPSA) is 88.2 Å². The number of carbonyl (C=O) groups excluding carboxylic acids is 1. The molecule has 3 aromatic rings. The molecule has 22 heteroatoms. The number of hydrazine groups is 1. The number of halogens is 15. The number of ether oxygens (including phenoxy) is 1. The summed E-state index contributed by atoms with van der Waals surface area (Å²) >= 11 is 0. The van der Waals surface area contributed by atoms with Crippen molar-refractivity contribution in [1.29, 1.82) is 0 Å². The van der Waals surface area contributed by atoms with Crippen molar-refractivity contribution in [3.63, 3.8) is 0 Å². The first kappa shape index (κ1) is 39.0. The summed E-state index contributed by atoms with van der Waals surface area (Å²) in [5.41, 5.74) is 4.65. The lowest BCUT2D eigenvalue weighted by Gasteiger charge is -2.41. The second-order valence-electron chi connectivity index (χ2n) is 10.3. The summed E-state index contributed by atoms with van der Waals surface area (Å²) < 4.78 is 211. The molecule has 0 saturated carbocycles. The molecule has 0 atom stereocenters. The number of carbonyl (C=O) groups is 1. The predicted octanol–water partition coefficient (Wildman–Crippen LogP) is 8.17. The molecule has 0 unspecified atom stereocenters. The molecule has 2 aromatic carbocycles. The van der Waals surface area contributed by atoms with Gasteiger partial charge < -0.3 is 10.1 Å². The second kappa shape index (κ2) is 13.1. The van der Waals surface area contributed by atoms with Crippen LogP contribution in [0.15, 0.2) is 42.5 Å². The summed E-state index contributed by atoms with van der Waals surface area (Å²) in [4.78, 5) is 17.8. The highest BCUT2D eigenvalue weighted by Crippen LogP contribution is 2.63. The minimum absolute atomic E-state index is 0.0835. The van der Waals surface area contributed by atoms with Crippen LogP contribution in [-0.4, -0.2) is 64.9 Å². The molecular formula is C27H22F15N5O2. The highest BCUT2D eigenvalue weighted by Gasteiger charge is 2.93. The fraction of sp³-hybridized carbons (Fsp3) is 0.444. The van der Waals surface area contributed by atoms with E-state index >= 15 is 0 Å². The van der Waals surface area contributed by atoms with Crippen LogP contribution in [-0.2, 0) is 5.92 Å². The Morgan fingerprint density at radius 3 is 1.90 bits per heavy atom. The van der Waals surface area contributed by atoms with Gasteiger partial charge in [-0.3, -0.25) is 10.9 Å². The SMILES string of the molecule is Cc1ccc(OCCCNC(=O)NNc2nc(C(F)(F)C(F)(F)C(F)(F)C(F)(F)C(F)(F)C(F)(F)C(F)(F)F)nc3ccccc23)c(C)c1. The maximum absolute atomic E-state index is 14.9. The van der Waals surface area contributed by atoms with Crippen LogP contribution in [0.2, 0.25) is 0 Å². The first-order chi connectivity index (χ1) is 22.2. The molecule has 0 fully saturated rings. The molecule has 0 radical (unpaired) electrons. The Morgan fingerprint density at radius 1 is 0.735 bits per heavy atom. The average molecular weight is 733 g/mol. The number of fused-ring (bicyclic) bond motifs is 1. The molecule has 49 heavy (non-hydrogen) atoms. The van der Waals surface area contributed by atoms with E-state index in [-0.39, 0.29) is 19.6 Å². The zero-order chi connectivity index (χ0) is 37.4. The highest BCUT2D eigenvalue weighted by molar-refractivity contribution is 5.90. The summed E-state index contributed by atoms with van der Waals surface area (Å²) in [6, 6.07) is 8.13. The lowest BCUT2D eigenvalue weighted by Crippen LogP contribution is -2.72. The van der Waals surface area contributed by atoms with Crippen LogP contribution in [0.4, 0.5) is 76.5 Å². The van der Waals surface area contributed by atoms with Crippen molar-refractivity contribution in [2.24, 2.45) is 0 Å². The van der Waals surface area contributed by atoms with Gasteiger partial charge in [-0.1, -0.05) is 29.8 Å². The van der Waals surface area contributed by atoms with Crippen molar-refractivity contribution in [3.05, 3.63) is 59.4 Å². The van der Waals surface area contributed by atoms with Gasteiger partial charge in [-0.05, 0) is 44.0 Å². The zero-order valence-electron chi connectivity index (χ0n) is 24.5. The Morgan fingerprint density at radius 2 is 1.31 bits per heavy atom. The number of nitrogens with zero attached hydrogens (tertiary/aromatic N) is 2. The monoisotopic (exact) mass is 733 g/mol. The fourth-order valence-corrected chi connectivity index (χ4v) is 4.00. The molecule has 1 heterocycles. The van der Waals surface area contributed by atoms with Gasteiger partial charge >= 0.3 is 47.7 Å². The van der Waals surface area contributed by atoms with Crippen LogP contribution in [0.1, 0.15) is 23.4 Å². The largest absolute Gasteiger partial charge is 0.493 e. The molecule has 0 aliphatic rings. The third kappa shape index (κ3) is 6.90. The van der Waals surface area contributed by atoms with E-state index in [0.717, 1.165) is 35.4 Å². The van der Waals surface area contributed by atoms with E-state index in [9.17, 15) is 70.7 Å². The van der Waals surface area contributed by atoms with Gasteiger partial charge in [0.05, 0.1) is 12.1 Å². The van der Waals surface area contributed by atoms with Crippen molar-refractivity contribution in [3.8, 4) is 5.75 Å². The maximum atomic E-state index is 14.9. The second-order valence-corrected chi connectivity index (χ2v) is 10.3. The van der Waals surface area contributed by atoms with Crippen molar-refractivity contribution in [1.82, 2.24) is 20.7 Å². The fourth-order valence-electron chi connectivity index (χ4n) is 4.00. The van der Waals surface area contributed by atoms with E-state index in [1.54, 1.807) is 19.1 Å². The van der Waals surface area contributed by atoms with Crippen LogP contribution in [0.25, 0.3) is 10.9 Å². The number of alkyl halides is 15. The van der Waals surface area contributed by atoms with Crippen molar-refractivity contribution in [2.45, 2.75) is 62.0 Å². The molecule has 2 amide bonds. The van der Waals surface area contributed by atoms with Crippen LogP contribution in [0.3, 0.4) is 0 Å². The first-order valence-electron chi connectivity index (χ1n) is 13.3. The smallest absolute Gasteiger partial charge is 0.460 e. The van der Waals surface area contributed by atoms with Gasteiger partial charge in [0.25, 0.3) is 0 Å². The van der Waals surface area contributed by atoms with Gasteiger partial charge in [-0.25, -0.2) is 14.8 Å². The summed E-state index contributed by atoms with van der Waals surface area (Å²) in [7, 11) is 0. The Balaban J connectivity index is 1.84. The number of hydrogen-bond acceptors (Lipinski definition) is 5. The lowest BCUT2D eigenvalue weighted by atomic mass is 9.90. The number of amides is 2. The Labute approximate surface area is 265 Å². The Bertz CT molecular complexity index is 1670. The third-order valence-electron chi connectivity index (χ3n) is 6.70. The lowest BCUT2D eigenvalue weighted by molar-refractivity contribution is -0.454. The molecule has 0 saturated heterocycles. The quantitative estimate of drug-likeness (QED) is 0.0938. The van der Waals surface area contributed by atoms with Gasteiger partial charge in [-0.15, -0.1) is 0 Å². The molecule has 3 rings (SSSR count). The number of benzene rings is 2. The van der Waals surface area contributed by atoms with Crippen molar-refractivity contribution < 1.29 is 75.4 Å². The molecule has 7 nitrogen and oxygen atoms in total. The molecule has 0 aliphatic carbocycles. The van der Waals surface area contributed by atoms with Crippen molar-refractivity contribution >= 4 is 22.8 Å². The summed E-state index contributed by atoms with van der Waals surface area (Å²) in [6.45, 7) is 3.67.